The first-order valence-electron chi connectivity index (χ1n) is 5.97. The van der Waals surface area contributed by atoms with Crippen molar-refractivity contribution < 1.29 is 4.79 Å². The van der Waals surface area contributed by atoms with Crippen LogP contribution in [-0.2, 0) is 11.3 Å². The summed E-state index contributed by atoms with van der Waals surface area (Å²) in [6.45, 7) is 2.21. The van der Waals surface area contributed by atoms with Crippen LogP contribution in [0.1, 0.15) is 12.1 Å². The summed E-state index contributed by atoms with van der Waals surface area (Å²) < 4.78 is 1.58. The molecule has 0 saturated heterocycles. The summed E-state index contributed by atoms with van der Waals surface area (Å²) in [5.74, 6) is -0.177. The molecule has 1 aromatic carbocycles. The number of hydrogen-bond donors (Lipinski definition) is 2. The van der Waals surface area contributed by atoms with Gasteiger partial charge in [-0.3, -0.25) is 9.59 Å². The van der Waals surface area contributed by atoms with Crippen molar-refractivity contribution in [2.75, 3.05) is 11.1 Å². The lowest BCUT2D eigenvalue weighted by Crippen LogP contribution is -2.20. The minimum atomic E-state index is -0.177. The molecule has 0 atom stereocenters. The van der Waals surface area contributed by atoms with Gasteiger partial charge < -0.3 is 15.6 Å². The van der Waals surface area contributed by atoms with Gasteiger partial charge in [0, 0.05) is 29.7 Å². The maximum atomic E-state index is 11.8. The number of anilines is 2. The van der Waals surface area contributed by atoms with Crippen LogP contribution in [0, 0.1) is 6.92 Å². The minimum Gasteiger partial charge on any atom is -0.397 e. The van der Waals surface area contributed by atoms with Crippen molar-refractivity contribution in [1.29, 1.82) is 0 Å². The number of carbonyl (C=O) groups is 1. The maximum Gasteiger partial charge on any atom is 0.307 e. The number of nitrogen functional groups attached to an aromatic ring is 1. The fourth-order valence-corrected chi connectivity index (χ4v) is 2.61. The molecule has 20 heavy (non-hydrogen) atoms. The van der Waals surface area contributed by atoms with E-state index in [1.54, 1.807) is 28.1 Å². The number of nitrogens with zero attached hydrogens (tertiary/aromatic N) is 1. The molecule has 0 spiro atoms. The third kappa shape index (κ3) is 3.40. The van der Waals surface area contributed by atoms with Crippen LogP contribution in [0.5, 0.6) is 0 Å². The van der Waals surface area contributed by atoms with Gasteiger partial charge in [0.25, 0.3) is 0 Å². The van der Waals surface area contributed by atoms with E-state index in [4.69, 9.17) is 17.3 Å². The van der Waals surface area contributed by atoms with Gasteiger partial charge in [0.15, 0.2) is 0 Å². The van der Waals surface area contributed by atoms with Crippen molar-refractivity contribution in [3.63, 3.8) is 0 Å². The van der Waals surface area contributed by atoms with Gasteiger partial charge in [-0.25, -0.2) is 0 Å². The van der Waals surface area contributed by atoms with Gasteiger partial charge in [0.2, 0.25) is 5.91 Å². The molecule has 2 rings (SSSR count). The Balaban J connectivity index is 1.96. The largest absolute Gasteiger partial charge is 0.397 e. The number of benzene rings is 1. The molecule has 0 radical (unpaired) electrons. The molecule has 0 bridgehead atoms. The van der Waals surface area contributed by atoms with E-state index in [1.807, 2.05) is 6.92 Å². The van der Waals surface area contributed by atoms with E-state index in [-0.39, 0.29) is 17.2 Å². The molecule has 7 heteroatoms. The molecule has 1 amide bonds. The summed E-state index contributed by atoms with van der Waals surface area (Å²) in [7, 11) is 0. The van der Waals surface area contributed by atoms with Gasteiger partial charge in [-0.2, -0.15) is 0 Å². The summed E-state index contributed by atoms with van der Waals surface area (Å²) >= 11 is 6.94. The monoisotopic (exact) mass is 311 g/mol. The summed E-state index contributed by atoms with van der Waals surface area (Å²) in [6.07, 6.45) is 0.222. The Kier molecular flexibility index (Phi) is 4.46. The van der Waals surface area contributed by atoms with Crippen molar-refractivity contribution in [1.82, 2.24) is 4.57 Å². The van der Waals surface area contributed by atoms with E-state index < -0.39 is 0 Å². The van der Waals surface area contributed by atoms with E-state index in [2.05, 4.69) is 5.32 Å². The summed E-state index contributed by atoms with van der Waals surface area (Å²) in [5, 5.41) is 4.95. The highest BCUT2D eigenvalue weighted by atomic mass is 35.5. The topological polar surface area (TPSA) is 77.1 Å². The second kappa shape index (κ2) is 6.11. The number of carbonyl (C=O) groups excluding carboxylic acids is 1. The van der Waals surface area contributed by atoms with Gasteiger partial charge in [-0.15, -0.1) is 0 Å². The number of halogens is 1. The third-order valence-electron chi connectivity index (χ3n) is 2.82. The summed E-state index contributed by atoms with van der Waals surface area (Å²) in [5.41, 5.74) is 7.52. The number of aryl methyl sites for hydroxylation is 1. The number of hydrogen-bond acceptors (Lipinski definition) is 4. The Bertz CT molecular complexity index is 693. The van der Waals surface area contributed by atoms with E-state index in [9.17, 15) is 9.59 Å². The minimum absolute atomic E-state index is 0.0500. The first-order valence-corrected chi connectivity index (χ1v) is 7.23. The molecule has 3 N–H and O–H groups in total. The molecular formula is C13H14ClN3O2S. The zero-order valence-electron chi connectivity index (χ0n) is 10.9. The standard InChI is InChI=1S/C13H14ClN3O2S/c1-8-7-20-13(19)17(8)5-4-12(18)16-9-2-3-10(14)11(15)6-9/h2-3,6-7H,4-5,15H2,1H3,(H,16,18). The molecule has 2 aromatic rings. The quantitative estimate of drug-likeness (QED) is 0.852. The van der Waals surface area contributed by atoms with Crippen LogP contribution in [0.2, 0.25) is 5.02 Å². The summed E-state index contributed by atoms with van der Waals surface area (Å²) in [6, 6.07) is 4.90. The Labute approximate surface area is 125 Å². The second-order valence-corrected chi connectivity index (χ2v) is 5.56. The van der Waals surface area contributed by atoms with Crippen LogP contribution in [0.3, 0.4) is 0 Å². The van der Waals surface area contributed by atoms with E-state index in [0.29, 0.717) is 22.9 Å². The summed E-state index contributed by atoms with van der Waals surface area (Å²) in [4.78, 5) is 23.3. The van der Waals surface area contributed by atoms with Crippen molar-refractivity contribution in [2.24, 2.45) is 0 Å². The molecule has 1 aromatic heterocycles. The van der Waals surface area contributed by atoms with Crippen molar-refractivity contribution >= 4 is 40.2 Å². The van der Waals surface area contributed by atoms with E-state index in [1.165, 1.54) is 0 Å². The number of aromatic nitrogens is 1. The highest BCUT2D eigenvalue weighted by Gasteiger charge is 2.07. The number of nitrogens with one attached hydrogen (secondary N) is 1. The van der Waals surface area contributed by atoms with Crippen LogP contribution in [0.4, 0.5) is 11.4 Å². The zero-order chi connectivity index (χ0) is 14.7. The van der Waals surface area contributed by atoms with Crippen LogP contribution in [0.25, 0.3) is 0 Å². The molecule has 0 saturated carbocycles. The molecule has 5 nitrogen and oxygen atoms in total. The van der Waals surface area contributed by atoms with Crippen LogP contribution >= 0.6 is 22.9 Å². The number of rotatable bonds is 4. The predicted molar refractivity (Wildman–Crippen MR) is 82.4 cm³/mol. The van der Waals surface area contributed by atoms with Gasteiger partial charge in [0.05, 0.1) is 10.7 Å². The molecule has 0 unspecified atom stereocenters. The molecular weight excluding hydrogens is 298 g/mol. The lowest BCUT2D eigenvalue weighted by Gasteiger charge is -2.08. The van der Waals surface area contributed by atoms with Crippen LogP contribution < -0.4 is 15.9 Å². The Hall–Kier alpha value is -1.79. The third-order valence-corrected chi connectivity index (χ3v) is 4.04. The molecule has 0 aliphatic heterocycles. The fourth-order valence-electron chi connectivity index (χ4n) is 1.73. The second-order valence-electron chi connectivity index (χ2n) is 4.33. The molecule has 106 valence electrons. The number of thiazole rings is 1. The first-order chi connectivity index (χ1) is 9.47. The van der Waals surface area contributed by atoms with Crippen molar-refractivity contribution in [3.8, 4) is 0 Å². The SMILES string of the molecule is Cc1csc(=O)n1CCC(=O)Nc1ccc(Cl)c(N)c1. The highest BCUT2D eigenvalue weighted by Crippen LogP contribution is 2.22. The van der Waals surface area contributed by atoms with Crippen molar-refractivity contribution in [2.45, 2.75) is 19.9 Å². The average molecular weight is 312 g/mol. The average Bonchev–Trinajstić information content (AvgIpc) is 2.71. The van der Waals surface area contributed by atoms with Crippen LogP contribution in [-0.4, -0.2) is 10.5 Å². The Morgan fingerprint density at radius 1 is 1.50 bits per heavy atom. The molecule has 0 aliphatic rings. The number of nitrogens with two attached hydrogens (primary N) is 1. The first kappa shape index (κ1) is 14.6. The van der Waals surface area contributed by atoms with E-state index >= 15 is 0 Å². The lowest BCUT2D eigenvalue weighted by atomic mass is 10.2. The fraction of sp³-hybridized carbons (Fsp3) is 0.231. The Morgan fingerprint density at radius 3 is 2.85 bits per heavy atom. The van der Waals surface area contributed by atoms with Crippen LogP contribution in [0.15, 0.2) is 28.4 Å². The van der Waals surface area contributed by atoms with Gasteiger partial charge >= 0.3 is 4.87 Å². The van der Waals surface area contributed by atoms with Gasteiger partial charge in [-0.1, -0.05) is 22.9 Å². The zero-order valence-corrected chi connectivity index (χ0v) is 12.4. The normalized spacial score (nSPS) is 10.5. The van der Waals surface area contributed by atoms with Gasteiger partial charge in [0.1, 0.15) is 0 Å². The Morgan fingerprint density at radius 2 is 2.25 bits per heavy atom. The molecule has 1 heterocycles. The molecule has 0 fully saturated rings. The predicted octanol–water partition coefficient (Wildman–Crippen LogP) is 2.48. The van der Waals surface area contributed by atoms with E-state index in [0.717, 1.165) is 17.0 Å². The highest BCUT2D eigenvalue weighted by molar-refractivity contribution is 7.07. The van der Waals surface area contributed by atoms with Gasteiger partial charge in [-0.05, 0) is 25.1 Å². The maximum absolute atomic E-state index is 11.8. The lowest BCUT2D eigenvalue weighted by molar-refractivity contribution is -0.116. The number of amides is 1. The molecule has 0 aliphatic carbocycles. The van der Waals surface area contributed by atoms with Crippen molar-refractivity contribution in [3.05, 3.63) is 44.0 Å². The smallest absolute Gasteiger partial charge is 0.307 e.